The molecule has 1 saturated heterocycles. The number of halogens is 2. The van der Waals surface area contributed by atoms with Crippen molar-refractivity contribution in [1.82, 2.24) is 19.4 Å². The average Bonchev–Trinajstić information content (AvgIpc) is 3.37. The molecule has 14 heteroatoms. The molecule has 3 heterocycles. The predicted octanol–water partition coefficient (Wildman–Crippen LogP) is 2.52. The summed E-state index contributed by atoms with van der Waals surface area (Å²) in [7, 11) is 1.42. The highest BCUT2D eigenvalue weighted by atomic mass is 32.2. The number of nitrogens with zero attached hydrogens (tertiary/aromatic N) is 5. The van der Waals surface area contributed by atoms with Gasteiger partial charge in [-0.2, -0.15) is 9.40 Å². The lowest BCUT2D eigenvalue weighted by Crippen LogP contribution is -2.44. The van der Waals surface area contributed by atoms with E-state index in [1.807, 2.05) is 24.1 Å². The number of piperazine rings is 1. The maximum absolute atomic E-state index is 13.8. The van der Waals surface area contributed by atoms with Crippen molar-refractivity contribution < 1.29 is 26.7 Å². The lowest BCUT2D eigenvalue weighted by atomic mass is 10.1. The maximum atomic E-state index is 13.8. The molecule has 0 radical (unpaired) electrons. The van der Waals surface area contributed by atoms with Gasteiger partial charge < -0.3 is 24.8 Å². The number of rotatable bonds is 9. The Morgan fingerprint density at radius 1 is 1.10 bits per heavy atom. The molecule has 0 saturated carbocycles. The standard InChI is InChI=1S/C28H35F2N7O4S/c1-34-8-10-36(11-9-34)21-4-5-23(26(17-21)35(2)12-13-41-3)28(38)31-27-24-18-37(7-6-25(24)32-33-27)42(39,40)22-15-19(29)14-20(30)16-22/h4-5,14-17H,6-13,18H2,1-3H3,(H2,31,32,33,38). The summed E-state index contributed by atoms with van der Waals surface area (Å²) in [4.78, 5) is 19.7. The van der Waals surface area contributed by atoms with Crippen LogP contribution < -0.4 is 15.1 Å². The van der Waals surface area contributed by atoms with Gasteiger partial charge in [0.1, 0.15) is 11.6 Å². The Labute approximate surface area is 244 Å². The van der Waals surface area contributed by atoms with Gasteiger partial charge in [0.15, 0.2) is 5.82 Å². The van der Waals surface area contributed by atoms with Gasteiger partial charge in [-0.1, -0.05) is 0 Å². The van der Waals surface area contributed by atoms with Gasteiger partial charge in [-0.3, -0.25) is 9.89 Å². The second-order valence-electron chi connectivity index (χ2n) is 10.6. The molecule has 2 aromatic carbocycles. The highest BCUT2D eigenvalue weighted by Gasteiger charge is 2.32. The van der Waals surface area contributed by atoms with Gasteiger partial charge in [0, 0.05) is 89.4 Å². The Kier molecular flexibility index (Phi) is 8.78. The van der Waals surface area contributed by atoms with Crippen LogP contribution in [0.4, 0.5) is 26.0 Å². The van der Waals surface area contributed by atoms with E-state index in [4.69, 9.17) is 4.74 Å². The van der Waals surface area contributed by atoms with Gasteiger partial charge in [-0.15, -0.1) is 0 Å². The minimum Gasteiger partial charge on any atom is -0.383 e. The fourth-order valence-electron chi connectivity index (χ4n) is 5.22. The molecule has 11 nitrogen and oxygen atoms in total. The van der Waals surface area contributed by atoms with E-state index < -0.39 is 32.5 Å². The number of amides is 1. The number of fused-ring (bicyclic) bond motifs is 1. The second-order valence-corrected chi connectivity index (χ2v) is 12.5. The molecule has 1 amide bonds. The molecular formula is C28H35F2N7O4S. The molecule has 226 valence electrons. The van der Waals surface area contributed by atoms with E-state index in [0.29, 0.717) is 42.5 Å². The van der Waals surface area contributed by atoms with E-state index in [9.17, 15) is 22.0 Å². The third kappa shape index (κ3) is 6.26. The number of anilines is 3. The number of H-pyrrole nitrogens is 1. The van der Waals surface area contributed by atoms with Crippen LogP contribution in [-0.2, 0) is 27.7 Å². The van der Waals surface area contributed by atoms with Crippen molar-refractivity contribution in [1.29, 1.82) is 0 Å². The van der Waals surface area contributed by atoms with Crippen LogP contribution in [0.25, 0.3) is 0 Å². The zero-order valence-corrected chi connectivity index (χ0v) is 24.7. The van der Waals surface area contributed by atoms with Gasteiger partial charge in [-0.05, 0) is 37.4 Å². The van der Waals surface area contributed by atoms with Crippen molar-refractivity contribution in [2.24, 2.45) is 0 Å². The zero-order valence-electron chi connectivity index (χ0n) is 23.9. The highest BCUT2D eigenvalue weighted by molar-refractivity contribution is 7.89. The van der Waals surface area contributed by atoms with Gasteiger partial charge >= 0.3 is 0 Å². The number of likely N-dealkylation sites (N-methyl/N-ethyl adjacent to an activating group) is 2. The van der Waals surface area contributed by atoms with Crippen molar-refractivity contribution in [3.63, 3.8) is 0 Å². The molecule has 5 rings (SSSR count). The Hall–Kier alpha value is -3.59. The van der Waals surface area contributed by atoms with Crippen molar-refractivity contribution in [3.05, 3.63) is 64.9 Å². The largest absolute Gasteiger partial charge is 0.383 e. The minimum atomic E-state index is -4.20. The Morgan fingerprint density at radius 3 is 2.50 bits per heavy atom. The predicted molar refractivity (Wildman–Crippen MR) is 155 cm³/mol. The Balaban J connectivity index is 1.39. The van der Waals surface area contributed by atoms with Crippen molar-refractivity contribution in [3.8, 4) is 0 Å². The van der Waals surface area contributed by atoms with Crippen LogP contribution in [0.1, 0.15) is 21.6 Å². The lowest BCUT2D eigenvalue weighted by Gasteiger charge is -2.35. The third-order valence-corrected chi connectivity index (χ3v) is 9.56. The first-order valence-electron chi connectivity index (χ1n) is 13.7. The molecule has 2 aliphatic heterocycles. The maximum Gasteiger partial charge on any atom is 0.258 e. The lowest BCUT2D eigenvalue weighted by molar-refractivity contribution is 0.102. The number of benzene rings is 2. The number of carbonyl (C=O) groups is 1. The first-order valence-corrected chi connectivity index (χ1v) is 15.1. The van der Waals surface area contributed by atoms with Crippen LogP contribution in [0, 0.1) is 11.6 Å². The first kappa shape index (κ1) is 29.9. The summed E-state index contributed by atoms with van der Waals surface area (Å²) in [5.74, 6) is -2.16. The van der Waals surface area contributed by atoms with Gasteiger partial charge in [0.25, 0.3) is 5.91 Å². The van der Waals surface area contributed by atoms with Crippen LogP contribution in [0.2, 0.25) is 0 Å². The number of hydrogen-bond acceptors (Lipinski definition) is 8. The molecule has 0 unspecified atom stereocenters. The zero-order chi connectivity index (χ0) is 30.0. The normalized spacial score (nSPS) is 16.4. The number of hydrogen-bond donors (Lipinski definition) is 2. The number of methoxy groups -OCH3 is 1. The summed E-state index contributed by atoms with van der Waals surface area (Å²) in [6, 6.07) is 7.92. The molecule has 1 aromatic heterocycles. The van der Waals surface area contributed by atoms with Gasteiger partial charge in [0.2, 0.25) is 10.0 Å². The number of aromatic amines is 1. The molecule has 0 spiro atoms. The van der Waals surface area contributed by atoms with Crippen molar-refractivity contribution >= 4 is 33.1 Å². The SMILES string of the molecule is COCCN(C)c1cc(N2CCN(C)CC2)ccc1C(=O)Nc1n[nH]c2c1CN(S(=O)(=O)c1cc(F)cc(F)c1)CC2. The topological polar surface area (TPSA) is 114 Å². The first-order chi connectivity index (χ1) is 20.1. The van der Waals surface area contributed by atoms with Gasteiger partial charge in [-0.25, -0.2) is 17.2 Å². The highest BCUT2D eigenvalue weighted by Crippen LogP contribution is 2.31. The molecule has 2 N–H and O–H groups in total. The van der Waals surface area contributed by atoms with Crippen molar-refractivity contribution in [2.45, 2.75) is 17.9 Å². The van der Waals surface area contributed by atoms with E-state index in [1.54, 1.807) is 13.2 Å². The van der Waals surface area contributed by atoms with Crippen LogP contribution >= 0.6 is 0 Å². The molecule has 2 aliphatic rings. The number of nitrogens with one attached hydrogen (secondary N) is 2. The smallest absolute Gasteiger partial charge is 0.258 e. The summed E-state index contributed by atoms with van der Waals surface area (Å²) < 4.78 is 60.4. The molecule has 0 atom stereocenters. The van der Waals surface area contributed by atoms with Crippen LogP contribution in [0.3, 0.4) is 0 Å². The van der Waals surface area contributed by atoms with E-state index >= 15 is 0 Å². The van der Waals surface area contributed by atoms with Crippen molar-refractivity contribution in [2.75, 3.05) is 82.2 Å². The van der Waals surface area contributed by atoms with Gasteiger partial charge in [0.05, 0.1) is 22.8 Å². The number of carbonyl (C=O) groups excluding carboxylic acids is 1. The molecule has 0 aliphatic carbocycles. The fraction of sp³-hybridized carbons (Fsp3) is 0.429. The van der Waals surface area contributed by atoms with E-state index in [-0.39, 0.29) is 18.9 Å². The molecule has 42 heavy (non-hydrogen) atoms. The number of ether oxygens (including phenoxy) is 1. The summed E-state index contributed by atoms with van der Waals surface area (Å²) in [6.07, 6.45) is 0.292. The Morgan fingerprint density at radius 2 is 1.81 bits per heavy atom. The molecular weight excluding hydrogens is 568 g/mol. The quantitative estimate of drug-likeness (QED) is 0.384. The second kappa shape index (κ2) is 12.3. The van der Waals surface area contributed by atoms with E-state index in [1.165, 1.54) is 0 Å². The third-order valence-electron chi connectivity index (χ3n) is 7.74. The van der Waals surface area contributed by atoms with E-state index in [2.05, 4.69) is 32.4 Å². The van der Waals surface area contributed by atoms with Crippen LogP contribution in [-0.4, -0.2) is 101 Å². The number of sulfonamides is 1. The molecule has 1 fully saturated rings. The minimum absolute atomic E-state index is 0.0885. The number of aromatic nitrogens is 2. The summed E-state index contributed by atoms with van der Waals surface area (Å²) in [5, 5.41) is 10.00. The van der Waals surface area contributed by atoms with Crippen LogP contribution in [0.15, 0.2) is 41.3 Å². The summed E-state index contributed by atoms with van der Waals surface area (Å²) >= 11 is 0. The summed E-state index contributed by atoms with van der Waals surface area (Å²) in [6.45, 7) is 4.66. The summed E-state index contributed by atoms with van der Waals surface area (Å²) in [5.41, 5.74) is 3.36. The Bertz CT molecular complexity index is 1540. The van der Waals surface area contributed by atoms with E-state index in [0.717, 1.165) is 54.0 Å². The molecule has 3 aromatic rings. The average molecular weight is 604 g/mol. The van der Waals surface area contributed by atoms with Crippen LogP contribution in [0.5, 0.6) is 0 Å². The molecule has 0 bridgehead atoms. The fourth-order valence-corrected chi connectivity index (χ4v) is 6.67. The monoisotopic (exact) mass is 603 g/mol.